The molecule has 1 aliphatic carbocycles. The number of pyridine rings is 1. The van der Waals surface area contributed by atoms with Gasteiger partial charge in [0, 0.05) is 47.8 Å². The normalized spacial score (nSPS) is 23.6. The maximum absolute atomic E-state index is 13.2. The minimum absolute atomic E-state index is 0.135. The molecule has 3 aromatic rings. The Labute approximate surface area is 237 Å². The molecule has 212 valence electrons. The monoisotopic (exact) mass is 565 g/mol. The first kappa shape index (κ1) is 27.9. The Balaban J connectivity index is 1.34. The number of hydrogen-bond acceptors (Lipinski definition) is 10. The number of hydrogen-bond donors (Lipinski definition) is 3. The summed E-state index contributed by atoms with van der Waals surface area (Å²) in [6.45, 7) is 10.4. The van der Waals surface area contributed by atoms with Crippen molar-refractivity contribution in [3.63, 3.8) is 0 Å². The molecule has 3 N–H and O–H groups in total. The second kappa shape index (κ2) is 11.4. The molecule has 1 aliphatic heterocycles. The third-order valence-corrected chi connectivity index (χ3v) is 7.92. The highest BCUT2D eigenvalue weighted by Gasteiger charge is 2.61. The number of aromatic nitrogens is 2. The highest BCUT2D eigenvalue weighted by atomic mass is 32.1. The number of ether oxygens (including phenoxy) is 3. The molecule has 40 heavy (non-hydrogen) atoms. The standard InChI is InChI=1S/C29H35N5O5S/c1-6-17-13-29(17,27(36)38-7-2)34-26(35)23-11-19(14-30-23)39-25-12-22(24-15-40-28(33-24)31-16(3)4)32-21-10-18(37-5)8-9-20(21)25/h6,8-10,12,15-17,19,23,30H,1,7,11,13-14H2,2-5H3,(H,31,33)(H,34,35)/t17?,19-,23+,29-/m1/s1. The molecule has 2 fully saturated rings. The molecular weight excluding hydrogens is 530 g/mol. The van der Waals surface area contributed by atoms with Crippen molar-refractivity contribution in [3.8, 4) is 22.9 Å². The summed E-state index contributed by atoms with van der Waals surface area (Å²) in [6.07, 6.45) is 2.36. The number of carbonyl (C=O) groups is 2. The minimum atomic E-state index is -1.03. The minimum Gasteiger partial charge on any atom is -0.497 e. The van der Waals surface area contributed by atoms with Crippen molar-refractivity contribution >= 4 is 39.2 Å². The lowest BCUT2D eigenvalue weighted by Crippen LogP contribution is -2.51. The summed E-state index contributed by atoms with van der Waals surface area (Å²) in [7, 11) is 1.62. The lowest BCUT2D eigenvalue weighted by molar-refractivity contribution is -0.149. The van der Waals surface area contributed by atoms with Crippen LogP contribution in [0.2, 0.25) is 0 Å². The van der Waals surface area contributed by atoms with Gasteiger partial charge in [-0.05, 0) is 39.3 Å². The number of fused-ring (bicyclic) bond motifs is 1. The largest absolute Gasteiger partial charge is 0.497 e. The molecule has 3 heterocycles. The Morgan fingerprint density at radius 3 is 2.80 bits per heavy atom. The zero-order valence-electron chi connectivity index (χ0n) is 23.2. The Morgan fingerprint density at radius 2 is 2.10 bits per heavy atom. The molecule has 5 rings (SSSR count). The molecule has 1 saturated carbocycles. The van der Waals surface area contributed by atoms with Crippen molar-refractivity contribution in [2.45, 2.75) is 57.3 Å². The number of nitrogens with zero attached hydrogens (tertiary/aromatic N) is 2. The first-order chi connectivity index (χ1) is 19.3. The number of methoxy groups -OCH3 is 1. The highest BCUT2D eigenvalue weighted by molar-refractivity contribution is 7.14. The van der Waals surface area contributed by atoms with Crippen LogP contribution in [-0.2, 0) is 14.3 Å². The first-order valence-electron chi connectivity index (χ1n) is 13.5. The number of amides is 1. The highest BCUT2D eigenvalue weighted by Crippen LogP contribution is 2.45. The van der Waals surface area contributed by atoms with E-state index >= 15 is 0 Å². The average Bonchev–Trinajstić information content (AvgIpc) is 3.22. The van der Waals surface area contributed by atoms with Crippen LogP contribution in [0.5, 0.6) is 11.5 Å². The van der Waals surface area contributed by atoms with Crippen LogP contribution in [0.1, 0.15) is 33.6 Å². The molecule has 1 aromatic carbocycles. The quantitative estimate of drug-likeness (QED) is 0.234. The third kappa shape index (κ3) is 5.62. The molecule has 2 aromatic heterocycles. The van der Waals surface area contributed by atoms with Gasteiger partial charge in [0.15, 0.2) is 5.13 Å². The van der Waals surface area contributed by atoms with Crippen LogP contribution in [0.25, 0.3) is 22.3 Å². The van der Waals surface area contributed by atoms with E-state index in [9.17, 15) is 9.59 Å². The summed E-state index contributed by atoms with van der Waals surface area (Å²) >= 11 is 1.52. The van der Waals surface area contributed by atoms with E-state index in [4.69, 9.17) is 24.2 Å². The number of anilines is 1. The van der Waals surface area contributed by atoms with Gasteiger partial charge in [-0.25, -0.2) is 14.8 Å². The summed E-state index contributed by atoms with van der Waals surface area (Å²) in [4.78, 5) is 35.3. The number of thiazole rings is 1. The van der Waals surface area contributed by atoms with Gasteiger partial charge in [0.1, 0.15) is 28.8 Å². The summed E-state index contributed by atoms with van der Waals surface area (Å²) < 4.78 is 17.1. The van der Waals surface area contributed by atoms with Gasteiger partial charge in [-0.15, -0.1) is 17.9 Å². The van der Waals surface area contributed by atoms with Gasteiger partial charge >= 0.3 is 5.97 Å². The second-order valence-electron chi connectivity index (χ2n) is 10.4. The van der Waals surface area contributed by atoms with Crippen molar-refractivity contribution in [3.05, 3.63) is 42.3 Å². The zero-order chi connectivity index (χ0) is 28.4. The lowest BCUT2D eigenvalue weighted by Gasteiger charge is -2.20. The fraction of sp³-hybridized carbons (Fsp3) is 0.448. The van der Waals surface area contributed by atoms with Crippen LogP contribution in [0.4, 0.5) is 5.13 Å². The van der Waals surface area contributed by atoms with Crippen LogP contribution >= 0.6 is 11.3 Å². The van der Waals surface area contributed by atoms with Crippen LogP contribution in [0, 0.1) is 5.92 Å². The summed E-state index contributed by atoms with van der Waals surface area (Å²) in [5.41, 5.74) is 1.13. The molecule has 2 aliphatic rings. The average molecular weight is 566 g/mol. The number of esters is 1. The van der Waals surface area contributed by atoms with Gasteiger partial charge in [-0.2, -0.15) is 0 Å². The predicted octanol–water partition coefficient (Wildman–Crippen LogP) is 3.92. The van der Waals surface area contributed by atoms with Crippen molar-refractivity contribution in [2.75, 3.05) is 25.6 Å². The van der Waals surface area contributed by atoms with Crippen LogP contribution in [0.15, 0.2) is 42.3 Å². The molecular formula is C29H35N5O5S. The predicted molar refractivity (Wildman–Crippen MR) is 155 cm³/mol. The van der Waals surface area contributed by atoms with Gasteiger partial charge < -0.3 is 30.2 Å². The second-order valence-corrected chi connectivity index (χ2v) is 11.2. The number of nitrogens with one attached hydrogen (secondary N) is 3. The molecule has 0 radical (unpaired) electrons. The lowest BCUT2D eigenvalue weighted by atomic mass is 10.1. The molecule has 4 atom stereocenters. The topological polar surface area (TPSA) is 124 Å². The Morgan fingerprint density at radius 1 is 1.27 bits per heavy atom. The van der Waals surface area contributed by atoms with Crippen molar-refractivity contribution < 1.29 is 23.8 Å². The molecule has 1 amide bonds. The summed E-state index contributed by atoms with van der Waals surface area (Å²) in [6, 6.07) is 7.32. The van der Waals surface area contributed by atoms with E-state index in [0.717, 1.165) is 21.7 Å². The van der Waals surface area contributed by atoms with E-state index in [-0.39, 0.29) is 30.6 Å². The third-order valence-electron chi connectivity index (χ3n) is 7.14. The smallest absolute Gasteiger partial charge is 0.332 e. The molecule has 0 bridgehead atoms. The van der Waals surface area contributed by atoms with Crippen LogP contribution in [-0.4, -0.2) is 65.8 Å². The van der Waals surface area contributed by atoms with Crippen molar-refractivity contribution in [1.82, 2.24) is 20.6 Å². The van der Waals surface area contributed by atoms with Crippen molar-refractivity contribution in [1.29, 1.82) is 0 Å². The Hall–Kier alpha value is -3.70. The SMILES string of the molecule is C=CC1C[C@]1(NC(=O)[C@@H]1C[C@@H](Oc2cc(-c3csc(NC(C)C)n3)nc3cc(OC)ccc23)CN1)C(=O)OCC. The number of carbonyl (C=O) groups excluding carboxylic acids is 2. The van der Waals surface area contributed by atoms with Gasteiger partial charge in [0.25, 0.3) is 0 Å². The van der Waals surface area contributed by atoms with E-state index in [1.165, 1.54) is 11.3 Å². The van der Waals surface area contributed by atoms with E-state index in [2.05, 4.69) is 36.4 Å². The number of benzene rings is 1. The zero-order valence-corrected chi connectivity index (χ0v) is 24.0. The van der Waals surface area contributed by atoms with Gasteiger partial charge in [0.05, 0.1) is 31.0 Å². The van der Waals surface area contributed by atoms with Gasteiger partial charge in [-0.3, -0.25) is 4.79 Å². The molecule has 11 heteroatoms. The van der Waals surface area contributed by atoms with Gasteiger partial charge in [0.2, 0.25) is 5.91 Å². The first-order valence-corrected chi connectivity index (χ1v) is 14.4. The van der Waals surface area contributed by atoms with Crippen LogP contribution < -0.4 is 25.4 Å². The van der Waals surface area contributed by atoms with E-state index in [1.807, 2.05) is 29.6 Å². The van der Waals surface area contributed by atoms with E-state index in [1.54, 1.807) is 20.1 Å². The summed E-state index contributed by atoms with van der Waals surface area (Å²) in [5, 5.41) is 13.1. The van der Waals surface area contributed by atoms with E-state index < -0.39 is 17.6 Å². The van der Waals surface area contributed by atoms with Gasteiger partial charge in [-0.1, -0.05) is 6.08 Å². The maximum Gasteiger partial charge on any atom is 0.332 e. The summed E-state index contributed by atoms with van der Waals surface area (Å²) in [5.74, 6) is 0.541. The number of rotatable bonds is 11. The Kier molecular flexibility index (Phi) is 7.95. The van der Waals surface area contributed by atoms with Crippen molar-refractivity contribution in [2.24, 2.45) is 5.92 Å². The fourth-order valence-electron chi connectivity index (χ4n) is 4.98. The van der Waals surface area contributed by atoms with E-state index in [0.29, 0.717) is 36.6 Å². The molecule has 1 unspecified atom stereocenters. The maximum atomic E-state index is 13.2. The molecule has 1 saturated heterocycles. The molecule has 0 spiro atoms. The molecule has 10 nitrogen and oxygen atoms in total. The van der Waals surface area contributed by atoms with Crippen LogP contribution in [0.3, 0.4) is 0 Å². The fourth-order valence-corrected chi connectivity index (χ4v) is 5.83. The Bertz CT molecular complexity index is 1430.